The lowest BCUT2D eigenvalue weighted by Gasteiger charge is -2.38. The molecule has 4 heterocycles. The number of ether oxygens (including phenoxy) is 3. The Hall–Kier alpha value is -3.77. The highest BCUT2D eigenvalue weighted by atomic mass is 32.1. The highest BCUT2D eigenvalue weighted by molar-refractivity contribution is 7.17. The lowest BCUT2D eigenvalue weighted by atomic mass is 9.98. The zero-order valence-electron chi connectivity index (χ0n) is 23.7. The number of hydrogen-bond donors (Lipinski definition) is 1. The summed E-state index contributed by atoms with van der Waals surface area (Å²) in [5, 5.41) is 6.91. The Morgan fingerprint density at radius 3 is 2.63 bits per heavy atom. The number of carbonyl (C=O) groups excluding carboxylic acids is 1. The van der Waals surface area contributed by atoms with E-state index in [9.17, 15) is 14.0 Å². The van der Waals surface area contributed by atoms with Gasteiger partial charge in [-0.1, -0.05) is 0 Å². The number of pyridine rings is 1. The third-order valence-corrected chi connectivity index (χ3v) is 7.79. The van der Waals surface area contributed by atoms with Crippen molar-refractivity contribution >= 4 is 27.5 Å². The maximum Gasteiger partial charge on any atom is 0.410 e. The van der Waals surface area contributed by atoms with Crippen molar-refractivity contribution in [3.8, 4) is 28.3 Å². The number of aromatic nitrogens is 3. The third kappa shape index (κ3) is 5.45. The summed E-state index contributed by atoms with van der Waals surface area (Å²) in [5.41, 5.74) is 0.666. The molecule has 0 fully saturated rings. The van der Waals surface area contributed by atoms with Crippen LogP contribution >= 0.6 is 11.3 Å². The fourth-order valence-electron chi connectivity index (χ4n) is 5.04. The van der Waals surface area contributed by atoms with E-state index in [2.05, 4.69) is 4.98 Å². The van der Waals surface area contributed by atoms with Gasteiger partial charge in [-0.3, -0.25) is 14.4 Å². The Morgan fingerprint density at radius 1 is 1.17 bits per heavy atom. The summed E-state index contributed by atoms with van der Waals surface area (Å²) in [6, 6.07) is 4.73. The molecule has 0 bridgehead atoms. The van der Waals surface area contributed by atoms with Gasteiger partial charge in [-0.2, -0.15) is 5.10 Å². The Balaban J connectivity index is 1.69. The van der Waals surface area contributed by atoms with Crippen LogP contribution in [0.2, 0.25) is 0 Å². The number of carbonyl (C=O) groups is 1. The van der Waals surface area contributed by atoms with E-state index in [4.69, 9.17) is 19.3 Å². The summed E-state index contributed by atoms with van der Waals surface area (Å²) < 4.78 is 48.7. The van der Waals surface area contributed by atoms with Crippen LogP contribution in [0.4, 0.5) is 13.6 Å². The van der Waals surface area contributed by atoms with Gasteiger partial charge in [0.25, 0.3) is 5.56 Å². The van der Waals surface area contributed by atoms with E-state index in [1.54, 1.807) is 27.1 Å². The first kappa shape index (κ1) is 28.7. The summed E-state index contributed by atoms with van der Waals surface area (Å²) in [5.74, 6) is -1.67. The molecule has 0 unspecified atom stereocenters. The van der Waals surface area contributed by atoms with Gasteiger partial charge in [0.1, 0.15) is 35.3 Å². The van der Waals surface area contributed by atoms with E-state index in [-0.39, 0.29) is 41.8 Å². The van der Waals surface area contributed by atoms with Crippen molar-refractivity contribution in [3.05, 3.63) is 57.3 Å². The van der Waals surface area contributed by atoms with Crippen LogP contribution in [0.3, 0.4) is 0 Å². The molecule has 1 aliphatic heterocycles. The van der Waals surface area contributed by atoms with Gasteiger partial charge in [-0.15, -0.1) is 11.3 Å². The highest BCUT2D eigenvalue weighted by Crippen LogP contribution is 2.44. The van der Waals surface area contributed by atoms with Crippen LogP contribution in [0.25, 0.3) is 32.6 Å². The molecule has 0 saturated carbocycles. The number of methoxy groups -OCH3 is 1. The Kier molecular flexibility index (Phi) is 7.64. The van der Waals surface area contributed by atoms with Crippen LogP contribution in [-0.4, -0.2) is 58.2 Å². The van der Waals surface area contributed by atoms with Crippen molar-refractivity contribution in [3.63, 3.8) is 0 Å². The summed E-state index contributed by atoms with van der Waals surface area (Å²) in [4.78, 5) is 30.7. The highest BCUT2D eigenvalue weighted by Gasteiger charge is 2.36. The molecule has 1 aliphatic rings. The van der Waals surface area contributed by atoms with E-state index in [0.29, 0.717) is 27.9 Å². The SMILES string of the molecule is COCCOc1cc(F)cc(F)c1-c1c(-c2cc3n(n2)[C@@H](C)CN(C(=O)OC(C)(C)C)[C@@H]3C)[nH]c(=O)c2ccsc12. The molecule has 9 nitrogen and oxygen atoms in total. The number of amides is 1. The second kappa shape index (κ2) is 10.9. The monoisotopic (exact) mass is 586 g/mol. The first-order valence-corrected chi connectivity index (χ1v) is 14.1. The van der Waals surface area contributed by atoms with Crippen molar-refractivity contribution in [2.45, 2.75) is 52.3 Å². The lowest BCUT2D eigenvalue weighted by Crippen LogP contribution is -2.45. The van der Waals surface area contributed by atoms with E-state index in [1.807, 2.05) is 34.6 Å². The van der Waals surface area contributed by atoms with Gasteiger partial charge in [-0.05, 0) is 52.1 Å². The number of aromatic amines is 1. The molecule has 218 valence electrons. The summed E-state index contributed by atoms with van der Waals surface area (Å²) in [6.45, 7) is 9.87. The average Bonchev–Trinajstić information content (AvgIpc) is 3.55. The van der Waals surface area contributed by atoms with Crippen LogP contribution < -0.4 is 10.3 Å². The number of halogens is 2. The number of fused-ring (bicyclic) bond motifs is 2. The minimum Gasteiger partial charge on any atom is -0.490 e. The minimum atomic E-state index is -0.845. The average molecular weight is 587 g/mol. The van der Waals surface area contributed by atoms with Crippen molar-refractivity contribution in [2.24, 2.45) is 0 Å². The molecule has 0 spiro atoms. The van der Waals surface area contributed by atoms with Crippen molar-refractivity contribution in [1.82, 2.24) is 19.7 Å². The van der Waals surface area contributed by atoms with Gasteiger partial charge in [0.2, 0.25) is 0 Å². The fourth-order valence-corrected chi connectivity index (χ4v) is 5.99. The second-order valence-electron chi connectivity index (χ2n) is 11.0. The quantitative estimate of drug-likeness (QED) is 0.267. The summed E-state index contributed by atoms with van der Waals surface area (Å²) in [7, 11) is 1.50. The molecule has 0 aliphatic carbocycles. The predicted octanol–water partition coefficient (Wildman–Crippen LogP) is 6.30. The van der Waals surface area contributed by atoms with Gasteiger partial charge in [0.05, 0.1) is 45.7 Å². The van der Waals surface area contributed by atoms with Gasteiger partial charge in [0.15, 0.2) is 0 Å². The lowest BCUT2D eigenvalue weighted by molar-refractivity contribution is 0.00865. The number of nitrogens with one attached hydrogen (secondary N) is 1. The number of nitrogens with zero attached hydrogens (tertiary/aromatic N) is 3. The number of H-pyrrole nitrogens is 1. The van der Waals surface area contributed by atoms with Gasteiger partial charge in [0, 0.05) is 31.4 Å². The maximum atomic E-state index is 15.6. The summed E-state index contributed by atoms with van der Waals surface area (Å²) >= 11 is 1.26. The summed E-state index contributed by atoms with van der Waals surface area (Å²) in [6.07, 6.45) is -0.439. The minimum absolute atomic E-state index is 0.00338. The molecule has 0 saturated heterocycles. The van der Waals surface area contributed by atoms with Crippen molar-refractivity contribution in [2.75, 3.05) is 26.9 Å². The zero-order chi connectivity index (χ0) is 29.6. The van der Waals surface area contributed by atoms with Gasteiger partial charge < -0.3 is 19.2 Å². The molecule has 4 aromatic rings. The molecular weight excluding hydrogens is 554 g/mol. The smallest absolute Gasteiger partial charge is 0.410 e. The normalized spacial score (nSPS) is 17.1. The molecule has 1 amide bonds. The first-order chi connectivity index (χ1) is 19.4. The van der Waals surface area contributed by atoms with E-state index in [1.165, 1.54) is 18.4 Å². The molecule has 1 aromatic carbocycles. The Labute approximate surface area is 239 Å². The molecule has 1 N–H and O–H groups in total. The molecule has 12 heteroatoms. The van der Waals surface area contributed by atoms with Crippen LogP contribution in [0.15, 0.2) is 34.4 Å². The first-order valence-electron chi connectivity index (χ1n) is 13.2. The Bertz CT molecular complexity index is 1670. The van der Waals surface area contributed by atoms with Crippen LogP contribution in [0.5, 0.6) is 5.75 Å². The predicted molar refractivity (Wildman–Crippen MR) is 152 cm³/mol. The fraction of sp³-hybridized carbons (Fsp3) is 0.414. The van der Waals surface area contributed by atoms with Gasteiger partial charge in [-0.25, -0.2) is 13.6 Å². The van der Waals surface area contributed by atoms with E-state index < -0.39 is 29.4 Å². The largest absolute Gasteiger partial charge is 0.490 e. The molecule has 2 atom stereocenters. The van der Waals surface area contributed by atoms with Crippen molar-refractivity contribution in [1.29, 1.82) is 0 Å². The van der Waals surface area contributed by atoms with Crippen molar-refractivity contribution < 1.29 is 27.8 Å². The maximum absolute atomic E-state index is 15.6. The van der Waals surface area contributed by atoms with Crippen LogP contribution in [-0.2, 0) is 9.47 Å². The van der Waals surface area contributed by atoms with Gasteiger partial charge >= 0.3 is 6.09 Å². The van der Waals surface area contributed by atoms with Crippen LogP contribution in [0.1, 0.15) is 52.4 Å². The third-order valence-electron chi connectivity index (χ3n) is 6.86. The molecule has 3 aromatic heterocycles. The Morgan fingerprint density at radius 2 is 1.93 bits per heavy atom. The molecular formula is C29H32F2N4O5S. The number of hydrogen-bond acceptors (Lipinski definition) is 7. The zero-order valence-corrected chi connectivity index (χ0v) is 24.5. The molecule has 41 heavy (non-hydrogen) atoms. The second-order valence-corrected chi connectivity index (χ2v) is 11.9. The number of benzene rings is 1. The van der Waals surface area contributed by atoms with E-state index >= 15 is 4.39 Å². The topological polar surface area (TPSA) is 98.7 Å². The molecule has 5 rings (SSSR count). The standard InChI is InChI=1S/C29H32F2N4O5S/c1-15-14-34(28(37)40-29(3,4)5)16(2)21-13-20(33-35(15)21)25-24(26-18(7-10-41-26)27(36)32-25)23-19(31)11-17(30)12-22(23)39-9-8-38-6/h7,10-13,15-16H,8-9,14H2,1-6H3,(H,32,36)/t15-,16+/m0/s1. The number of rotatable bonds is 6. The number of thiophene rings is 1. The van der Waals surface area contributed by atoms with Crippen LogP contribution in [0, 0.1) is 11.6 Å². The molecule has 0 radical (unpaired) electrons. The van der Waals surface area contributed by atoms with E-state index in [0.717, 1.165) is 17.8 Å².